The van der Waals surface area contributed by atoms with Crippen molar-refractivity contribution in [3.05, 3.63) is 59.0 Å². The highest BCUT2D eigenvalue weighted by Crippen LogP contribution is 2.31. The van der Waals surface area contributed by atoms with Gasteiger partial charge in [-0.25, -0.2) is 0 Å². The van der Waals surface area contributed by atoms with E-state index in [2.05, 4.69) is 4.90 Å². The van der Waals surface area contributed by atoms with Crippen LogP contribution in [0.2, 0.25) is 5.02 Å². The molecule has 1 heterocycles. The van der Waals surface area contributed by atoms with Crippen LogP contribution in [0.3, 0.4) is 0 Å². The van der Waals surface area contributed by atoms with E-state index in [0.29, 0.717) is 17.5 Å². The molecule has 0 radical (unpaired) electrons. The van der Waals surface area contributed by atoms with Gasteiger partial charge in [-0.05, 0) is 43.0 Å². The SMILES string of the molecule is OC(CCN(Cc1ccco1)C1CC1)c1ccccc1Cl. The normalized spacial score (nSPS) is 16.3. The summed E-state index contributed by atoms with van der Waals surface area (Å²) in [4.78, 5) is 2.39. The Morgan fingerprint density at radius 3 is 2.71 bits per heavy atom. The van der Waals surface area contributed by atoms with Crippen LogP contribution in [0.15, 0.2) is 47.1 Å². The minimum Gasteiger partial charge on any atom is -0.468 e. The molecule has 0 aliphatic heterocycles. The molecule has 4 heteroatoms. The fourth-order valence-corrected chi connectivity index (χ4v) is 2.88. The number of aliphatic hydroxyl groups excluding tert-OH is 1. The van der Waals surface area contributed by atoms with Crippen molar-refractivity contribution in [1.29, 1.82) is 0 Å². The van der Waals surface area contributed by atoms with Crippen molar-refractivity contribution in [2.45, 2.75) is 38.0 Å². The first kappa shape index (κ1) is 14.6. The molecule has 2 aromatic rings. The molecule has 1 aliphatic rings. The van der Waals surface area contributed by atoms with Gasteiger partial charge in [-0.1, -0.05) is 29.8 Å². The zero-order valence-corrected chi connectivity index (χ0v) is 12.7. The number of halogens is 1. The molecule has 21 heavy (non-hydrogen) atoms. The third-order valence-corrected chi connectivity index (χ3v) is 4.30. The summed E-state index contributed by atoms with van der Waals surface area (Å²) in [6.07, 6.45) is 4.35. The summed E-state index contributed by atoms with van der Waals surface area (Å²) in [5.74, 6) is 0.981. The molecule has 1 atom stereocenters. The Labute approximate surface area is 130 Å². The lowest BCUT2D eigenvalue weighted by Gasteiger charge is -2.22. The first-order chi connectivity index (χ1) is 10.2. The molecule has 1 aliphatic carbocycles. The van der Waals surface area contributed by atoms with E-state index in [1.165, 1.54) is 12.8 Å². The fourth-order valence-electron chi connectivity index (χ4n) is 2.62. The lowest BCUT2D eigenvalue weighted by Crippen LogP contribution is -2.27. The van der Waals surface area contributed by atoms with Crippen LogP contribution in [-0.4, -0.2) is 22.6 Å². The minimum atomic E-state index is -0.517. The third kappa shape index (κ3) is 3.88. The molecule has 1 fully saturated rings. The van der Waals surface area contributed by atoms with Crippen molar-refractivity contribution in [2.75, 3.05) is 6.54 Å². The van der Waals surface area contributed by atoms with Crippen molar-refractivity contribution in [2.24, 2.45) is 0 Å². The summed E-state index contributed by atoms with van der Waals surface area (Å²) in [6.45, 7) is 1.66. The number of rotatable bonds is 7. The fraction of sp³-hybridized carbons (Fsp3) is 0.412. The van der Waals surface area contributed by atoms with E-state index in [0.717, 1.165) is 24.4 Å². The molecule has 0 amide bonds. The van der Waals surface area contributed by atoms with Crippen LogP contribution in [0.4, 0.5) is 0 Å². The monoisotopic (exact) mass is 305 g/mol. The van der Waals surface area contributed by atoms with E-state index in [4.69, 9.17) is 16.0 Å². The lowest BCUT2D eigenvalue weighted by atomic mass is 10.1. The third-order valence-electron chi connectivity index (χ3n) is 3.96. The Morgan fingerprint density at radius 2 is 2.05 bits per heavy atom. The first-order valence-electron chi connectivity index (χ1n) is 7.43. The summed E-state index contributed by atoms with van der Waals surface area (Å²) in [5, 5.41) is 11.0. The highest BCUT2D eigenvalue weighted by Gasteiger charge is 2.29. The van der Waals surface area contributed by atoms with Gasteiger partial charge in [0.15, 0.2) is 0 Å². The Hall–Kier alpha value is -1.29. The zero-order valence-electron chi connectivity index (χ0n) is 11.9. The van der Waals surface area contributed by atoms with Crippen molar-refractivity contribution in [3.8, 4) is 0 Å². The minimum absolute atomic E-state index is 0.517. The van der Waals surface area contributed by atoms with E-state index in [-0.39, 0.29) is 0 Å². The molecule has 1 saturated carbocycles. The Kier molecular flexibility index (Phi) is 4.63. The molecule has 0 bridgehead atoms. The molecule has 112 valence electrons. The highest BCUT2D eigenvalue weighted by molar-refractivity contribution is 6.31. The van der Waals surface area contributed by atoms with E-state index in [9.17, 15) is 5.11 Å². The highest BCUT2D eigenvalue weighted by atomic mass is 35.5. The average molecular weight is 306 g/mol. The van der Waals surface area contributed by atoms with E-state index >= 15 is 0 Å². The van der Waals surface area contributed by atoms with Crippen molar-refractivity contribution < 1.29 is 9.52 Å². The largest absolute Gasteiger partial charge is 0.468 e. The van der Waals surface area contributed by atoms with Gasteiger partial charge in [0.2, 0.25) is 0 Å². The van der Waals surface area contributed by atoms with Crippen molar-refractivity contribution in [3.63, 3.8) is 0 Å². The summed E-state index contributed by atoms with van der Waals surface area (Å²) in [5.41, 5.74) is 0.813. The molecule has 1 aromatic carbocycles. The predicted octanol–water partition coefficient (Wildman–Crippen LogP) is 4.02. The molecule has 0 saturated heterocycles. The maximum atomic E-state index is 10.3. The van der Waals surface area contributed by atoms with E-state index in [1.807, 2.05) is 36.4 Å². The summed E-state index contributed by atoms with van der Waals surface area (Å²) in [6, 6.07) is 12.0. The number of hydrogen-bond acceptors (Lipinski definition) is 3. The van der Waals surface area contributed by atoms with Gasteiger partial charge in [0.1, 0.15) is 5.76 Å². The smallest absolute Gasteiger partial charge is 0.117 e. The summed E-state index contributed by atoms with van der Waals surface area (Å²) < 4.78 is 5.43. The quantitative estimate of drug-likeness (QED) is 0.839. The average Bonchev–Trinajstić information content (AvgIpc) is 3.21. The topological polar surface area (TPSA) is 36.6 Å². The summed E-state index contributed by atoms with van der Waals surface area (Å²) in [7, 11) is 0. The lowest BCUT2D eigenvalue weighted by molar-refractivity contribution is 0.133. The Balaban J connectivity index is 1.58. The Morgan fingerprint density at radius 1 is 1.24 bits per heavy atom. The van der Waals surface area contributed by atoms with Crippen LogP contribution < -0.4 is 0 Å². The number of furan rings is 1. The second kappa shape index (κ2) is 6.65. The van der Waals surface area contributed by atoms with Gasteiger partial charge in [0.05, 0.1) is 18.9 Å². The molecule has 3 rings (SSSR count). The van der Waals surface area contributed by atoms with Crippen molar-refractivity contribution >= 4 is 11.6 Å². The van der Waals surface area contributed by atoms with Crippen LogP contribution in [-0.2, 0) is 6.54 Å². The number of nitrogens with zero attached hydrogens (tertiary/aromatic N) is 1. The molecule has 1 N–H and O–H groups in total. The molecule has 3 nitrogen and oxygen atoms in total. The zero-order chi connectivity index (χ0) is 14.7. The number of hydrogen-bond donors (Lipinski definition) is 1. The van der Waals surface area contributed by atoms with Crippen LogP contribution in [0.1, 0.15) is 36.7 Å². The Bertz CT molecular complexity index is 566. The molecule has 1 unspecified atom stereocenters. The molecular weight excluding hydrogens is 286 g/mol. The second-order valence-electron chi connectivity index (χ2n) is 5.61. The summed E-state index contributed by atoms with van der Waals surface area (Å²) >= 11 is 6.14. The standard InChI is InChI=1S/C17H20ClNO2/c18-16-6-2-1-5-15(16)17(20)9-10-19(13-7-8-13)12-14-4-3-11-21-14/h1-6,11,13,17,20H,7-10,12H2. The van der Waals surface area contributed by atoms with Gasteiger partial charge >= 0.3 is 0 Å². The van der Waals surface area contributed by atoms with E-state index < -0.39 is 6.10 Å². The first-order valence-corrected chi connectivity index (χ1v) is 7.81. The van der Waals surface area contributed by atoms with Gasteiger partial charge in [-0.2, -0.15) is 0 Å². The number of aliphatic hydroxyl groups is 1. The van der Waals surface area contributed by atoms with Gasteiger partial charge in [-0.15, -0.1) is 0 Å². The van der Waals surface area contributed by atoms with Crippen LogP contribution in [0.5, 0.6) is 0 Å². The molecule has 0 spiro atoms. The predicted molar refractivity (Wildman–Crippen MR) is 83.2 cm³/mol. The van der Waals surface area contributed by atoms with Gasteiger partial charge in [0.25, 0.3) is 0 Å². The van der Waals surface area contributed by atoms with Gasteiger partial charge in [0, 0.05) is 17.6 Å². The molecule has 1 aromatic heterocycles. The van der Waals surface area contributed by atoms with Gasteiger partial charge < -0.3 is 9.52 Å². The van der Waals surface area contributed by atoms with Crippen LogP contribution in [0, 0.1) is 0 Å². The molecular formula is C17H20ClNO2. The van der Waals surface area contributed by atoms with Gasteiger partial charge in [-0.3, -0.25) is 4.90 Å². The van der Waals surface area contributed by atoms with Crippen LogP contribution in [0.25, 0.3) is 0 Å². The maximum absolute atomic E-state index is 10.3. The van der Waals surface area contributed by atoms with Crippen LogP contribution >= 0.6 is 11.6 Å². The maximum Gasteiger partial charge on any atom is 0.117 e. The number of benzene rings is 1. The second-order valence-corrected chi connectivity index (χ2v) is 6.01. The van der Waals surface area contributed by atoms with Crippen molar-refractivity contribution in [1.82, 2.24) is 4.90 Å². The van der Waals surface area contributed by atoms with E-state index in [1.54, 1.807) is 6.26 Å².